The van der Waals surface area contributed by atoms with E-state index in [1.807, 2.05) is 13.0 Å². The zero-order chi connectivity index (χ0) is 17.3. The van der Waals surface area contributed by atoms with Crippen LogP contribution in [0.2, 0.25) is 0 Å². The lowest BCUT2D eigenvalue weighted by atomic mass is 9.85. The van der Waals surface area contributed by atoms with Gasteiger partial charge in [-0.3, -0.25) is 4.99 Å². The molecule has 0 radical (unpaired) electrons. The third-order valence-electron chi connectivity index (χ3n) is 3.91. The Hall–Kier alpha value is -0.890. The van der Waals surface area contributed by atoms with Gasteiger partial charge in [-0.15, -0.1) is 24.0 Å². The van der Waals surface area contributed by atoms with Gasteiger partial charge in [0.05, 0.1) is 6.54 Å². The van der Waals surface area contributed by atoms with E-state index in [-0.39, 0.29) is 35.2 Å². The molecule has 0 unspecified atom stereocenters. The van der Waals surface area contributed by atoms with Crippen molar-refractivity contribution in [3.8, 4) is 0 Å². The van der Waals surface area contributed by atoms with Gasteiger partial charge >= 0.3 is 0 Å². The molecule has 0 atom stereocenters. The van der Waals surface area contributed by atoms with Crippen molar-refractivity contribution in [3.05, 3.63) is 35.6 Å². The third kappa shape index (κ3) is 8.28. The van der Waals surface area contributed by atoms with E-state index < -0.39 is 0 Å². The fourth-order valence-electron chi connectivity index (χ4n) is 2.14. The molecule has 0 aliphatic heterocycles. The Kier molecular flexibility index (Phi) is 11.2. The van der Waals surface area contributed by atoms with Gasteiger partial charge in [-0.05, 0) is 38.2 Å². The first-order chi connectivity index (χ1) is 10.9. The molecule has 138 valence electrons. The van der Waals surface area contributed by atoms with Crippen LogP contribution in [-0.4, -0.2) is 50.6 Å². The van der Waals surface area contributed by atoms with Gasteiger partial charge in [0.15, 0.2) is 5.96 Å². The Morgan fingerprint density at radius 3 is 2.54 bits per heavy atom. The van der Waals surface area contributed by atoms with Crippen molar-refractivity contribution < 1.29 is 4.39 Å². The number of hydrogen-bond donors (Lipinski definition) is 2. The van der Waals surface area contributed by atoms with E-state index in [1.54, 1.807) is 12.1 Å². The maximum Gasteiger partial charge on any atom is 0.191 e. The zero-order valence-electron chi connectivity index (χ0n) is 15.5. The van der Waals surface area contributed by atoms with Crippen LogP contribution in [0.5, 0.6) is 0 Å². The SMILES string of the molecule is CCNC(=NCC(C)(C)c1cccc(F)c1)NCCN(C)CC.I. The van der Waals surface area contributed by atoms with Crippen molar-refractivity contribution in [1.82, 2.24) is 15.5 Å². The molecule has 24 heavy (non-hydrogen) atoms. The van der Waals surface area contributed by atoms with E-state index in [4.69, 9.17) is 0 Å². The summed E-state index contributed by atoms with van der Waals surface area (Å²) in [6, 6.07) is 6.76. The van der Waals surface area contributed by atoms with E-state index in [9.17, 15) is 4.39 Å². The fraction of sp³-hybridized carbons (Fsp3) is 0.611. The van der Waals surface area contributed by atoms with Crippen LogP contribution in [-0.2, 0) is 5.41 Å². The van der Waals surface area contributed by atoms with Crippen molar-refractivity contribution in [1.29, 1.82) is 0 Å². The van der Waals surface area contributed by atoms with Crippen molar-refractivity contribution in [2.45, 2.75) is 33.1 Å². The molecule has 1 rings (SSSR count). The van der Waals surface area contributed by atoms with Gasteiger partial charge in [-0.25, -0.2) is 4.39 Å². The molecule has 2 N–H and O–H groups in total. The van der Waals surface area contributed by atoms with Crippen LogP contribution in [0.1, 0.15) is 33.3 Å². The molecular formula is C18H32FIN4. The van der Waals surface area contributed by atoms with Crippen LogP contribution in [0.15, 0.2) is 29.3 Å². The highest BCUT2D eigenvalue weighted by molar-refractivity contribution is 14.0. The molecule has 1 aromatic rings. The number of benzene rings is 1. The average Bonchev–Trinajstić information content (AvgIpc) is 2.52. The van der Waals surface area contributed by atoms with Crippen molar-refractivity contribution >= 4 is 29.9 Å². The molecular weight excluding hydrogens is 418 g/mol. The summed E-state index contributed by atoms with van der Waals surface area (Å²) in [5.74, 6) is 0.605. The molecule has 0 saturated carbocycles. The molecule has 1 aromatic carbocycles. The maximum atomic E-state index is 13.4. The van der Waals surface area contributed by atoms with Gasteiger partial charge in [-0.2, -0.15) is 0 Å². The van der Waals surface area contributed by atoms with Crippen molar-refractivity contribution in [2.75, 3.05) is 39.8 Å². The van der Waals surface area contributed by atoms with Crippen LogP contribution in [0, 0.1) is 5.82 Å². The Labute approximate surface area is 163 Å². The van der Waals surface area contributed by atoms with Gasteiger partial charge in [0.25, 0.3) is 0 Å². The average molecular weight is 450 g/mol. The number of aliphatic imine (C=N–C) groups is 1. The Balaban J connectivity index is 0.00000529. The molecule has 0 aliphatic rings. The van der Waals surface area contributed by atoms with Gasteiger partial charge in [0.1, 0.15) is 5.82 Å². The molecule has 0 aromatic heterocycles. The highest BCUT2D eigenvalue weighted by Crippen LogP contribution is 2.24. The second kappa shape index (κ2) is 11.6. The summed E-state index contributed by atoms with van der Waals surface area (Å²) in [5.41, 5.74) is 0.743. The summed E-state index contributed by atoms with van der Waals surface area (Å²) in [7, 11) is 2.10. The summed E-state index contributed by atoms with van der Waals surface area (Å²) in [4.78, 5) is 6.91. The minimum absolute atomic E-state index is 0. The lowest BCUT2D eigenvalue weighted by molar-refractivity contribution is 0.357. The summed E-state index contributed by atoms with van der Waals surface area (Å²) in [5, 5.41) is 6.60. The third-order valence-corrected chi connectivity index (χ3v) is 3.91. The number of nitrogens with zero attached hydrogens (tertiary/aromatic N) is 2. The molecule has 0 bridgehead atoms. The number of nitrogens with one attached hydrogen (secondary N) is 2. The lowest BCUT2D eigenvalue weighted by Gasteiger charge is -2.24. The monoisotopic (exact) mass is 450 g/mol. The van der Waals surface area contributed by atoms with Crippen LogP contribution in [0.25, 0.3) is 0 Å². The quantitative estimate of drug-likeness (QED) is 0.363. The van der Waals surface area contributed by atoms with Crippen molar-refractivity contribution in [2.24, 2.45) is 4.99 Å². The lowest BCUT2D eigenvalue weighted by Crippen LogP contribution is -2.41. The van der Waals surface area contributed by atoms with Crippen LogP contribution in [0.4, 0.5) is 4.39 Å². The van der Waals surface area contributed by atoms with Gasteiger partial charge in [-0.1, -0.05) is 32.9 Å². The first-order valence-corrected chi connectivity index (χ1v) is 8.35. The normalized spacial score (nSPS) is 12.0. The molecule has 0 fully saturated rings. The number of halogens is 2. The van der Waals surface area contributed by atoms with Crippen LogP contribution in [0.3, 0.4) is 0 Å². The Bertz CT molecular complexity index is 506. The second-order valence-electron chi connectivity index (χ2n) is 6.41. The predicted octanol–water partition coefficient (Wildman–Crippen LogP) is 3.23. The molecule has 0 spiro atoms. The smallest absolute Gasteiger partial charge is 0.191 e. The summed E-state index contributed by atoms with van der Waals surface area (Å²) < 4.78 is 13.4. The first-order valence-electron chi connectivity index (χ1n) is 8.35. The molecule has 0 saturated heterocycles. The summed E-state index contributed by atoms with van der Waals surface area (Å²) in [6.07, 6.45) is 0. The molecule has 0 aliphatic carbocycles. The minimum atomic E-state index is -0.218. The van der Waals surface area contributed by atoms with Crippen LogP contribution >= 0.6 is 24.0 Å². The Morgan fingerprint density at radius 2 is 1.96 bits per heavy atom. The highest BCUT2D eigenvalue weighted by Gasteiger charge is 2.21. The minimum Gasteiger partial charge on any atom is -0.357 e. The number of rotatable bonds is 8. The number of hydrogen-bond acceptors (Lipinski definition) is 2. The van der Waals surface area contributed by atoms with E-state index in [1.165, 1.54) is 6.07 Å². The van der Waals surface area contributed by atoms with Gasteiger partial charge in [0.2, 0.25) is 0 Å². The largest absolute Gasteiger partial charge is 0.357 e. The summed E-state index contributed by atoms with van der Waals surface area (Å²) in [6.45, 7) is 12.6. The Morgan fingerprint density at radius 1 is 1.25 bits per heavy atom. The van der Waals surface area contributed by atoms with E-state index in [2.05, 4.69) is 48.3 Å². The highest BCUT2D eigenvalue weighted by atomic mass is 127. The van der Waals surface area contributed by atoms with E-state index in [0.29, 0.717) is 6.54 Å². The molecule has 0 heterocycles. The molecule has 0 amide bonds. The van der Waals surface area contributed by atoms with Gasteiger partial charge < -0.3 is 15.5 Å². The number of likely N-dealkylation sites (N-methyl/N-ethyl adjacent to an activating group) is 1. The van der Waals surface area contributed by atoms with Gasteiger partial charge in [0, 0.05) is 25.0 Å². The van der Waals surface area contributed by atoms with E-state index in [0.717, 1.165) is 37.7 Å². The fourth-order valence-corrected chi connectivity index (χ4v) is 2.14. The molecule has 6 heteroatoms. The van der Waals surface area contributed by atoms with Crippen LogP contribution < -0.4 is 10.6 Å². The standard InChI is InChI=1S/C18H31FN4.HI/c1-6-20-17(21-11-12-23(5)7-2)22-14-18(3,4)15-9-8-10-16(19)13-15;/h8-10,13H,6-7,11-12,14H2,1-5H3,(H2,20,21,22);1H. The molecule has 4 nitrogen and oxygen atoms in total. The first kappa shape index (κ1) is 23.1. The summed E-state index contributed by atoms with van der Waals surface area (Å²) >= 11 is 0. The predicted molar refractivity (Wildman–Crippen MR) is 112 cm³/mol. The maximum absolute atomic E-state index is 13.4. The zero-order valence-corrected chi connectivity index (χ0v) is 17.9. The van der Waals surface area contributed by atoms with Crippen molar-refractivity contribution in [3.63, 3.8) is 0 Å². The number of guanidine groups is 1. The van der Waals surface area contributed by atoms with E-state index >= 15 is 0 Å². The topological polar surface area (TPSA) is 39.7 Å². The second-order valence-corrected chi connectivity index (χ2v) is 6.41.